The smallest absolute Gasteiger partial charge is 0.311 e. The molecule has 0 aromatic carbocycles. The van der Waals surface area contributed by atoms with E-state index in [1.165, 1.54) is 7.11 Å². The van der Waals surface area contributed by atoms with Gasteiger partial charge in [-0.1, -0.05) is 20.8 Å². The number of carbonyl (C=O) groups is 1. The average Bonchev–Trinajstić information content (AvgIpc) is 2.76. The molecule has 2 heterocycles. The van der Waals surface area contributed by atoms with Gasteiger partial charge in [0.05, 0.1) is 18.6 Å². The minimum atomic E-state index is -0.339. The van der Waals surface area contributed by atoms with Crippen molar-refractivity contribution in [2.45, 2.75) is 52.0 Å². The zero-order valence-corrected chi connectivity index (χ0v) is 11.9. The van der Waals surface area contributed by atoms with E-state index in [-0.39, 0.29) is 22.8 Å². The summed E-state index contributed by atoms with van der Waals surface area (Å²) < 4.78 is 7.00. The quantitative estimate of drug-likeness (QED) is 0.712. The highest BCUT2D eigenvalue weighted by Crippen LogP contribution is 2.40. The van der Waals surface area contributed by atoms with Crippen LogP contribution in [0.1, 0.15) is 46.3 Å². The van der Waals surface area contributed by atoms with Crippen LogP contribution in [0.25, 0.3) is 0 Å². The molecule has 0 bridgehead atoms. The van der Waals surface area contributed by atoms with Crippen LogP contribution in [0.4, 0.5) is 0 Å². The second-order valence-corrected chi connectivity index (χ2v) is 6.46. The van der Waals surface area contributed by atoms with Crippen molar-refractivity contribution in [3.8, 4) is 0 Å². The molecule has 0 radical (unpaired) electrons. The third-order valence-electron chi connectivity index (χ3n) is 3.70. The Balaban J connectivity index is 2.50. The van der Waals surface area contributed by atoms with Gasteiger partial charge in [0.15, 0.2) is 0 Å². The van der Waals surface area contributed by atoms with Crippen LogP contribution in [0.2, 0.25) is 0 Å². The van der Waals surface area contributed by atoms with Crippen LogP contribution < -0.4 is 0 Å². The van der Waals surface area contributed by atoms with Gasteiger partial charge in [-0.05, 0) is 13.8 Å². The zero-order chi connectivity index (χ0) is 13.7. The summed E-state index contributed by atoms with van der Waals surface area (Å²) in [7, 11) is 1.43. The van der Waals surface area contributed by atoms with E-state index >= 15 is 0 Å². The fourth-order valence-corrected chi connectivity index (χ4v) is 2.64. The number of rotatable bonds is 1. The van der Waals surface area contributed by atoms with E-state index in [9.17, 15) is 4.79 Å². The predicted octanol–water partition coefficient (Wildman–Crippen LogP) is 1.66. The van der Waals surface area contributed by atoms with E-state index in [1.807, 2.05) is 13.8 Å². The van der Waals surface area contributed by atoms with Gasteiger partial charge in [-0.25, -0.2) is 0 Å². The number of carbonyl (C=O) groups excluding carboxylic acids is 1. The minimum Gasteiger partial charge on any atom is -0.469 e. The Labute approximate surface area is 108 Å². The molecule has 0 fully saturated rings. The molecular weight excluding hydrogens is 230 g/mol. The number of hydrogen-bond donors (Lipinski definition) is 0. The second-order valence-electron chi connectivity index (χ2n) is 6.46. The van der Waals surface area contributed by atoms with Gasteiger partial charge in [-0.15, -0.1) is 10.2 Å². The minimum absolute atomic E-state index is 0.0898. The summed E-state index contributed by atoms with van der Waals surface area (Å²) >= 11 is 0. The molecule has 1 unspecified atom stereocenters. The summed E-state index contributed by atoms with van der Waals surface area (Å²) in [5.41, 5.74) is -0.429. The van der Waals surface area contributed by atoms with Gasteiger partial charge in [0, 0.05) is 11.8 Å². The maximum absolute atomic E-state index is 11.9. The molecule has 1 aliphatic heterocycles. The van der Waals surface area contributed by atoms with E-state index in [1.54, 1.807) is 0 Å². The molecule has 5 heteroatoms. The SMILES string of the molecule is COC(=O)C1Cc2nnc(C(C)(C)C)n2C1(C)C. The lowest BCUT2D eigenvalue weighted by Gasteiger charge is -2.31. The number of aromatic nitrogens is 3. The van der Waals surface area contributed by atoms with Gasteiger partial charge >= 0.3 is 5.97 Å². The highest BCUT2D eigenvalue weighted by molar-refractivity contribution is 5.74. The summed E-state index contributed by atoms with van der Waals surface area (Å²) in [6, 6.07) is 0. The normalized spacial score (nSPS) is 21.8. The number of fused-ring (bicyclic) bond motifs is 1. The van der Waals surface area contributed by atoms with Crippen molar-refractivity contribution in [3.63, 3.8) is 0 Å². The standard InChI is InChI=1S/C13H21N3O2/c1-12(2,3)11-15-14-9-7-8(10(17)18-6)13(4,5)16(9)11/h8H,7H2,1-6H3. The Morgan fingerprint density at radius 3 is 2.50 bits per heavy atom. The summed E-state index contributed by atoms with van der Waals surface area (Å²) in [6.07, 6.45) is 0.600. The number of ether oxygens (including phenoxy) is 1. The average molecular weight is 251 g/mol. The van der Waals surface area contributed by atoms with Crippen molar-refractivity contribution in [1.29, 1.82) is 0 Å². The first-order chi connectivity index (χ1) is 8.19. The Morgan fingerprint density at radius 1 is 1.39 bits per heavy atom. The molecule has 0 spiro atoms. The number of hydrogen-bond acceptors (Lipinski definition) is 4. The highest BCUT2D eigenvalue weighted by Gasteiger charge is 2.48. The molecule has 5 nitrogen and oxygen atoms in total. The van der Waals surface area contributed by atoms with Gasteiger partial charge in [0.2, 0.25) is 0 Å². The van der Waals surface area contributed by atoms with E-state index in [4.69, 9.17) is 4.74 Å². The summed E-state index contributed by atoms with van der Waals surface area (Å²) in [5, 5.41) is 8.52. The molecular formula is C13H21N3O2. The summed E-state index contributed by atoms with van der Waals surface area (Å²) in [6.45, 7) is 10.4. The van der Waals surface area contributed by atoms with Gasteiger partial charge in [-0.3, -0.25) is 4.79 Å². The van der Waals surface area contributed by atoms with E-state index in [0.717, 1.165) is 11.6 Å². The van der Waals surface area contributed by atoms with Crippen LogP contribution in [-0.2, 0) is 26.9 Å². The third-order valence-corrected chi connectivity index (χ3v) is 3.70. The predicted molar refractivity (Wildman–Crippen MR) is 67.3 cm³/mol. The van der Waals surface area contributed by atoms with Crippen molar-refractivity contribution >= 4 is 5.97 Å². The summed E-state index contributed by atoms with van der Waals surface area (Å²) in [5.74, 6) is 1.44. The monoisotopic (exact) mass is 251 g/mol. The summed E-state index contributed by atoms with van der Waals surface area (Å²) in [4.78, 5) is 11.9. The molecule has 0 N–H and O–H groups in total. The lowest BCUT2D eigenvalue weighted by Crippen LogP contribution is -2.38. The van der Waals surface area contributed by atoms with Gasteiger partial charge in [-0.2, -0.15) is 0 Å². The Hall–Kier alpha value is -1.39. The van der Waals surface area contributed by atoms with Crippen molar-refractivity contribution < 1.29 is 9.53 Å². The number of methoxy groups -OCH3 is 1. The van der Waals surface area contributed by atoms with Crippen LogP contribution in [0.15, 0.2) is 0 Å². The van der Waals surface area contributed by atoms with Gasteiger partial charge in [0.1, 0.15) is 11.6 Å². The fourth-order valence-electron chi connectivity index (χ4n) is 2.64. The van der Waals surface area contributed by atoms with E-state index in [2.05, 4.69) is 35.5 Å². The molecule has 1 atom stereocenters. The molecule has 0 saturated carbocycles. The molecule has 0 saturated heterocycles. The maximum atomic E-state index is 11.9. The van der Waals surface area contributed by atoms with Crippen molar-refractivity contribution in [2.75, 3.05) is 7.11 Å². The lowest BCUT2D eigenvalue weighted by molar-refractivity contribution is -0.148. The Kier molecular flexibility index (Phi) is 2.76. The Bertz CT molecular complexity index is 483. The lowest BCUT2D eigenvalue weighted by atomic mass is 9.87. The van der Waals surface area contributed by atoms with E-state index in [0.29, 0.717) is 6.42 Å². The van der Waals surface area contributed by atoms with Crippen LogP contribution in [0.3, 0.4) is 0 Å². The van der Waals surface area contributed by atoms with Crippen molar-refractivity contribution in [1.82, 2.24) is 14.8 Å². The van der Waals surface area contributed by atoms with Gasteiger partial charge in [0.25, 0.3) is 0 Å². The topological polar surface area (TPSA) is 57.0 Å². The Morgan fingerprint density at radius 2 is 2.00 bits per heavy atom. The fraction of sp³-hybridized carbons (Fsp3) is 0.769. The van der Waals surface area contributed by atoms with Gasteiger partial charge < -0.3 is 9.30 Å². The first-order valence-electron chi connectivity index (χ1n) is 6.22. The highest BCUT2D eigenvalue weighted by atomic mass is 16.5. The van der Waals surface area contributed by atoms with Crippen molar-refractivity contribution in [2.24, 2.45) is 5.92 Å². The van der Waals surface area contributed by atoms with Crippen molar-refractivity contribution in [3.05, 3.63) is 11.6 Å². The second kappa shape index (κ2) is 3.80. The van der Waals surface area contributed by atoms with Crippen LogP contribution in [0, 0.1) is 5.92 Å². The molecule has 0 amide bonds. The molecule has 18 heavy (non-hydrogen) atoms. The molecule has 1 aliphatic rings. The number of nitrogens with zero attached hydrogens (tertiary/aromatic N) is 3. The maximum Gasteiger partial charge on any atom is 0.311 e. The van der Waals surface area contributed by atoms with Crippen LogP contribution >= 0.6 is 0 Å². The van der Waals surface area contributed by atoms with Crippen LogP contribution in [0.5, 0.6) is 0 Å². The van der Waals surface area contributed by atoms with E-state index < -0.39 is 0 Å². The molecule has 0 aliphatic carbocycles. The molecule has 2 rings (SSSR count). The first-order valence-corrected chi connectivity index (χ1v) is 6.22. The third kappa shape index (κ3) is 1.72. The zero-order valence-electron chi connectivity index (χ0n) is 11.9. The first kappa shape index (κ1) is 13.1. The number of esters is 1. The molecule has 1 aromatic heterocycles. The van der Waals surface area contributed by atoms with Crippen LogP contribution in [-0.4, -0.2) is 27.8 Å². The largest absolute Gasteiger partial charge is 0.469 e. The molecule has 1 aromatic rings. The molecule has 100 valence electrons.